The number of aliphatic hydroxyl groups is 1. The first-order chi connectivity index (χ1) is 14.6. The second kappa shape index (κ2) is 7.98. The van der Waals surface area contributed by atoms with Crippen LogP contribution < -0.4 is 10.0 Å². The fourth-order valence-electron chi connectivity index (χ4n) is 4.51. The number of hydrogen-bond donors (Lipinski definition) is 4. The van der Waals surface area contributed by atoms with Crippen LogP contribution in [0.2, 0.25) is 0 Å². The van der Waals surface area contributed by atoms with Gasteiger partial charge in [0.2, 0.25) is 5.09 Å². The normalized spacial score (nSPS) is 19.2. The van der Waals surface area contributed by atoms with Crippen LogP contribution in [0.3, 0.4) is 0 Å². The minimum absolute atomic E-state index is 0.193. The van der Waals surface area contributed by atoms with Crippen molar-refractivity contribution >= 4 is 21.6 Å². The van der Waals surface area contributed by atoms with Gasteiger partial charge in [0.25, 0.3) is 0 Å². The van der Waals surface area contributed by atoms with Crippen LogP contribution in [0.5, 0.6) is 0 Å². The molecule has 168 valence electrons. The molecule has 2 amide bonds. The average Bonchev–Trinajstić information content (AvgIpc) is 3.29. The summed E-state index contributed by atoms with van der Waals surface area (Å²) in [6.07, 6.45) is 7.85. The Labute approximate surface area is 183 Å². The number of amides is 2. The molecule has 4 N–H and O–H groups in total. The molecule has 4 rings (SSSR count). The Morgan fingerprint density at radius 3 is 2.65 bits per heavy atom. The van der Waals surface area contributed by atoms with Gasteiger partial charge in [0, 0.05) is 17.3 Å². The van der Waals surface area contributed by atoms with E-state index in [2.05, 4.69) is 29.1 Å². The third kappa shape index (κ3) is 4.36. The zero-order valence-corrected chi connectivity index (χ0v) is 19.1. The molecule has 1 saturated carbocycles. The molecule has 2 aliphatic rings. The molecule has 2 aromatic rings. The van der Waals surface area contributed by atoms with Crippen LogP contribution in [-0.2, 0) is 28.4 Å². The van der Waals surface area contributed by atoms with E-state index in [-0.39, 0.29) is 5.09 Å². The third-order valence-electron chi connectivity index (χ3n) is 6.70. The molecule has 7 nitrogen and oxygen atoms in total. The summed E-state index contributed by atoms with van der Waals surface area (Å²) in [7, 11) is -3.72. The standard InChI is InChI=1S/C23H31N3O4S/c1-14(15-6-4-7-15)18-11-10-16-8-5-9-19(16)21(18)25-22(27)26-31(24,29)20-12-17(13-30-20)23(2,3)28/h10-15,28H,4-9H2,1-3H3,(H3,24,25,26,27,29)/t14-,31+/m0/s1. The van der Waals surface area contributed by atoms with E-state index in [0.717, 1.165) is 36.1 Å². The van der Waals surface area contributed by atoms with Crippen LogP contribution in [0.15, 0.2) is 34.0 Å². The molecule has 0 saturated heterocycles. The zero-order valence-electron chi connectivity index (χ0n) is 18.3. The highest BCUT2D eigenvalue weighted by Gasteiger charge is 2.30. The summed E-state index contributed by atoms with van der Waals surface area (Å²) in [6, 6.07) is 4.94. The summed E-state index contributed by atoms with van der Waals surface area (Å²) in [5.74, 6) is 0.946. The number of carbonyl (C=O) groups excluding carboxylic acids is 1. The van der Waals surface area contributed by atoms with Crippen LogP contribution in [0, 0.1) is 10.7 Å². The quantitative estimate of drug-likeness (QED) is 0.498. The number of anilines is 1. The second-order valence-corrected chi connectivity index (χ2v) is 11.0. The average molecular weight is 446 g/mol. The molecule has 2 atom stereocenters. The van der Waals surface area contributed by atoms with Crippen molar-refractivity contribution in [2.75, 3.05) is 5.32 Å². The zero-order chi connectivity index (χ0) is 22.4. The van der Waals surface area contributed by atoms with Crippen LogP contribution in [0.1, 0.15) is 74.6 Å². The van der Waals surface area contributed by atoms with Gasteiger partial charge in [0.1, 0.15) is 0 Å². The SMILES string of the molecule is C[C@H](c1ccc2c(c1NC(=O)N[S@@](=N)(=O)c1cc(C(C)(C)O)co1)CCC2)C1CCC1. The van der Waals surface area contributed by atoms with Crippen molar-refractivity contribution < 1.29 is 18.5 Å². The van der Waals surface area contributed by atoms with Crippen molar-refractivity contribution in [2.45, 2.75) is 75.9 Å². The van der Waals surface area contributed by atoms with E-state index < -0.39 is 21.5 Å². The molecular formula is C23H31N3O4S. The first-order valence-corrected chi connectivity index (χ1v) is 12.5. The van der Waals surface area contributed by atoms with E-state index in [1.807, 2.05) is 0 Å². The number of urea groups is 1. The highest BCUT2D eigenvalue weighted by molar-refractivity contribution is 7.91. The van der Waals surface area contributed by atoms with E-state index in [0.29, 0.717) is 17.4 Å². The Morgan fingerprint density at radius 2 is 2.03 bits per heavy atom. The summed E-state index contributed by atoms with van der Waals surface area (Å²) in [6.45, 7) is 5.33. The topological polar surface area (TPSA) is 115 Å². The van der Waals surface area contributed by atoms with E-state index in [1.165, 1.54) is 37.2 Å². The van der Waals surface area contributed by atoms with Crippen LogP contribution in [-0.4, -0.2) is 15.3 Å². The smallest absolute Gasteiger partial charge is 0.332 e. The fourth-order valence-corrected chi connectivity index (χ4v) is 5.40. The Bertz CT molecular complexity index is 1090. The fraction of sp³-hybridized carbons (Fsp3) is 0.522. The van der Waals surface area contributed by atoms with Crippen molar-refractivity contribution in [3.63, 3.8) is 0 Å². The number of aryl methyl sites for hydroxylation is 1. The van der Waals surface area contributed by atoms with Gasteiger partial charge in [0.15, 0.2) is 9.92 Å². The second-order valence-electron chi connectivity index (χ2n) is 9.33. The largest absolute Gasteiger partial charge is 0.452 e. The van der Waals surface area contributed by atoms with Crippen molar-refractivity contribution in [1.82, 2.24) is 4.72 Å². The highest BCUT2D eigenvalue weighted by atomic mass is 32.2. The minimum Gasteiger partial charge on any atom is -0.452 e. The lowest BCUT2D eigenvalue weighted by Crippen LogP contribution is -2.34. The van der Waals surface area contributed by atoms with Gasteiger partial charge < -0.3 is 14.8 Å². The summed E-state index contributed by atoms with van der Waals surface area (Å²) in [4.78, 5) is 12.8. The molecule has 0 bridgehead atoms. The Balaban J connectivity index is 1.57. The third-order valence-corrected chi connectivity index (χ3v) is 7.96. The van der Waals surface area contributed by atoms with Crippen molar-refractivity contribution in [2.24, 2.45) is 5.92 Å². The van der Waals surface area contributed by atoms with Gasteiger partial charge >= 0.3 is 6.03 Å². The lowest BCUT2D eigenvalue weighted by Gasteiger charge is -2.33. The number of nitrogens with one attached hydrogen (secondary N) is 3. The van der Waals surface area contributed by atoms with Crippen LogP contribution in [0.25, 0.3) is 0 Å². The van der Waals surface area contributed by atoms with Gasteiger partial charge in [0.05, 0.1) is 11.9 Å². The van der Waals surface area contributed by atoms with Gasteiger partial charge in [-0.05, 0) is 74.5 Å². The maximum Gasteiger partial charge on any atom is 0.332 e. The molecule has 1 aromatic carbocycles. The van der Waals surface area contributed by atoms with Crippen LogP contribution in [0.4, 0.5) is 10.5 Å². The predicted octanol–water partition coefficient (Wildman–Crippen LogP) is 5.04. The summed E-state index contributed by atoms with van der Waals surface area (Å²) in [5, 5.41) is 12.8. The van der Waals surface area contributed by atoms with Crippen molar-refractivity contribution in [1.29, 1.82) is 4.78 Å². The van der Waals surface area contributed by atoms with E-state index in [1.54, 1.807) is 13.8 Å². The Hall–Kier alpha value is -2.32. The van der Waals surface area contributed by atoms with E-state index >= 15 is 0 Å². The van der Waals surface area contributed by atoms with Gasteiger partial charge in [-0.25, -0.2) is 18.5 Å². The lowest BCUT2D eigenvalue weighted by molar-refractivity contribution is 0.0779. The molecule has 0 unspecified atom stereocenters. The van der Waals surface area contributed by atoms with Crippen molar-refractivity contribution in [3.05, 3.63) is 46.7 Å². The molecule has 8 heteroatoms. The van der Waals surface area contributed by atoms with Gasteiger partial charge in [-0.15, -0.1) is 0 Å². The maximum absolute atomic E-state index is 12.9. The number of rotatable bonds is 6. The monoisotopic (exact) mass is 445 g/mol. The minimum atomic E-state index is -3.72. The van der Waals surface area contributed by atoms with E-state index in [9.17, 15) is 14.1 Å². The number of benzene rings is 1. The molecule has 1 fully saturated rings. The predicted molar refractivity (Wildman–Crippen MR) is 119 cm³/mol. The molecule has 0 aliphatic heterocycles. The maximum atomic E-state index is 12.9. The lowest BCUT2D eigenvalue weighted by atomic mass is 9.73. The molecule has 0 radical (unpaired) electrons. The van der Waals surface area contributed by atoms with E-state index in [4.69, 9.17) is 9.20 Å². The number of fused-ring (bicyclic) bond motifs is 1. The van der Waals surface area contributed by atoms with Gasteiger partial charge in [-0.3, -0.25) is 0 Å². The van der Waals surface area contributed by atoms with Crippen molar-refractivity contribution in [3.8, 4) is 0 Å². The van der Waals surface area contributed by atoms with Gasteiger partial charge in [-0.1, -0.05) is 25.5 Å². The van der Waals surface area contributed by atoms with Gasteiger partial charge in [-0.2, -0.15) is 0 Å². The molecule has 1 aromatic heterocycles. The van der Waals surface area contributed by atoms with Crippen LogP contribution >= 0.6 is 0 Å². The summed E-state index contributed by atoms with van der Waals surface area (Å²) in [5.41, 5.74) is 3.50. The Kier molecular flexibility index (Phi) is 5.64. The first-order valence-electron chi connectivity index (χ1n) is 10.9. The molecule has 31 heavy (non-hydrogen) atoms. The highest BCUT2D eigenvalue weighted by Crippen LogP contribution is 2.44. The first kappa shape index (κ1) is 21.9. The number of carbonyl (C=O) groups is 1. The molecule has 2 aliphatic carbocycles. The molecule has 1 heterocycles. The molecule has 0 spiro atoms. The number of hydrogen-bond acceptors (Lipinski definition) is 5. The summed E-state index contributed by atoms with van der Waals surface area (Å²) < 4.78 is 28.5. The Morgan fingerprint density at radius 1 is 1.29 bits per heavy atom. The molecular weight excluding hydrogens is 414 g/mol. The number of furan rings is 1. The summed E-state index contributed by atoms with van der Waals surface area (Å²) >= 11 is 0.